The highest BCUT2D eigenvalue weighted by molar-refractivity contribution is 5.92. The molecule has 0 radical (unpaired) electrons. The molecule has 2 aromatic rings. The van der Waals surface area contributed by atoms with Gasteiger partial charge in [-0.3, -0.25) is 9.59 Å². The van der Waals surface area contributed by atoms with Gasteiger partial charge < -0.3 is 14.9 Å². The van der Waals surface area contributed by atoms with Crippen molar-refractivity contribution in [1.29, 1.82) is 0 Å². The van der Waals surface area contributed by atoms with Crippen LogP contribution < -0.4 is 10.9 Å². The summed E-state index contributed by atoms with van der Waals surface area (Å²) in [6.07, 6.45) is 8.42. The third-order valence-electron chi connectivity index (χ3n) is 2.72. The maximum absolute atomic E-state index is 11.9. The molecule has 1 amide bonds. The van der Waals surface area contributed by atoms with Crippen LogP contribution in [0.1, 0.15) is 23.8 Å². The van der Waals surface area contributed by atoms with Crippen molar-refractivity contribution in [3.63, 3.8) is 0 Å². The van der Waals surface area contributed by atoms with E-state index in [1.165, 1.54) is 6.20 Å². The Kier molecular flexibility index (Phi) is 4.07. The van der Waals surface area contributed by atoms with Crippen molar-refractivity contribution in [3.05, 3.63) is 47.2 Å². The van der Waals surface area contributed by atoms with Crippen LogP contribution >= 0.6 is 0 Å². The molecule has 2 aromatic heterocycles. The van der Waals surface area contributed by atoms with Crippen LogP contribution in [-0.4, -0.2) is 31.5 Å². The van der Waals surface area contributed by atoms with Crippen molar-refractivity contribution in [2.45, 2.75) is 25.9 Å². The van der Waals surface area contributed by atoms with E-state index in [2.05, 4.69) is 20.3 Å². The SMILES string of the molecule is CC[C@@H](Cn1ccnc1)NC(=O)c1c[nH]c(=O)cn1. The average molecular weight is 261 g/mol. The second kappa shape index (κ2) is 5.94. The van der Waals surface area contributed by atoms with Crippen molar-refractivity contribution in [2.75, 3.05) is 0 Å². The summed E-state index contributed by atoms with van der Waals surface area (Å²) < 4.78 is 1.90. The van der Waals surface area contributed by atoms with Gasteiger partial charge in [-0.2, -0.15) is 0 Å². The number of carbonyl (C=O) groups excluding carboxylic acids is 1. The highest BCUT2D eigenvalue weighted by atomic mass is 16.2. The lowest BCUT2D eigenvalue weighted by Crippen LogP contribution is -2.38. The quantitative estimate of drug-likeness (QED) is 0.802. The van der Waals surface area contributed by atoms with Crippen LogP contribution in [-0.2, 0) is 6.54 Å². The number of hydrogen-bond donors (Lipinski definition) is 2. The standard InChI is InChI=1S/C12H15N5O2/c1-2-9(7-17-4-3-13-8-17)16-12(19)10-5-15-11(18)6-14-10/h3-6,8-9H,2,7H2,1H3,(H,15,18)(H,16,19)/t9-/m0/s1. The van der Waals surface area contributed by atoms with Gasteiger partial charge in [0.1, 0.15) is 5.69 Å². The summed E-state index contributed by atoms with van der Waals surface area (Å²) in [4.78, 5) is 33.0. The van der Waals surface area contributed by atoms with Crippen molar-refractivity contribution in [2.24, 2.45) is 0 Å². The minimum Gasteiger partial charge on any atom is -0.346 e. The number of nitrogens with zero attached hydrogens (tertiary/aromatic N) is 3. The van der Waals surface area contributed by atoms with E-state index in [4.69, 9.17) is 0 Å². The second-order valence-electron chi connectivity index (χ2n) is 4.13. The number of rotatable bonds is 5. The molecular weight excluding hydrogens is 246 g/mol. The lowest BCUT2D eigenvalue weighted by Gasteiger charge is -2.17. The van der Waals surface area contributed by atoms with Gasteiger partial charge in [0.15, 0.2) is 0 Å². The largest absolute Gasteiger partial charge is 0.346 e. The van der Waals surface area contributed by atoms with Gasteiger partial charge in [0.25, 0.3) is 11.5 Å². The van der Waals surface area contributed by atoms with Crippen LogP contribution in [0.25, 0.3) is 0 Å². The molecule has 0 aromatic carbocycles. The Morgan fingerprint density at radius 3 is 3.00 bits per heavy atom. The fraction of sp³-hybridized carbons (Fsp3) is 0.333. The first-order chi connectivity index (χ1) is 9.19. The van der Waals surface area contributed by atoms with Gasteiger partial charge in [-0.25, -0.2) is 9.97 Å². The van der Waals surface area contributed by atoms with Crippen LogP contribution in [0.4, 0.5) is 0 Å². The van der Waals surface area contributed by atoms with E-state index in [1.807, 2.05) is 17.7 Å². The number of H-pyrrole nitrogens is 1. The van der Waals surface area contributed by atoms with Crippen LogP contribution in [0.2, 0.25) is 0 Å². The summed E-state index contributed by atoms with van der Waals surface area (Å²) in [5.41, 5.74) is -0.134. The Hall–Kier alpha value is -2.44. The lowest BCUT2D eigenvalue weighted by molar-refractivity contribution is 0.0926. The zero-order chi connectivity index (χ0) is 13.7. The van der Waals surface area contributed by atoms with Gasteiger partial charge in [-0.05, 0) is 6.42 Å². The number of aromatic nitrogens is 4. The highest BCUT2D eigenvalue weighted by Crippen LogP contribution is 1.99. The van der Waals surface area contributed by atoms with Gasteiger partial charge in [0.2, 0.25) is 0 Å². The first-order valence-electron chi connectivity index (χ1n) is 6.00. The van der Waals surface area contributed by atoms with Crippen LogP contribution in [0.3, 0.4) is 0 Å². The van der Waals surface area contributed by atoms with Crippen LogP contribution in [0, 0.1) is 0 Å². The molecule has 2 N–H and O–H groups in total. The maximum Gasteiger partial charge on any atom is 0.271 e. The van der Waals surface area contributed by atoms with Crippen molar-refractivity contribution >= 4 is 5.91 Å². The number of carbonyl (C=O) groups is 1. The average Bonchev–Trinajstić information content (AvgIpc) is 2.91. The summed E-state index contributed by atoms with van der Waals surface area (Å²) in [6.45, 7) is 2.63. The molecular formula is C12H15N5O2. The van der Waals surface area contributed by atoms with Gasteiger partial charge >= 0.3 is 0 Å². The van der Waals surface area contributed by atoms with Gasteiger partial charge in [0, 0.05) is 31.2 Å². The molecule has 0 spiro atoms. The molecule has 1 atom stereocenters. The summed E-state index contributed by atoms with van der Waals surface area (Å²) in [7, 11) is 0. The number of aromatic amines is 1. The summed E-state index contributed by atoms with van der Waals surface area (Å²) in [6, 6.07) is -0.0181. The topological polar surface area (TPSA) is 92.7 Å². The van der Waals surface area contributed by atoms with Crippen molar-refractivity contribution in [1.82, 2.24) is 24.8 Å². The van der Waals surface area contributed by atoms with E-state index in [-0.39, 0.29) is 23.2 Å². The predicted octanol–water partition coefficient (Wildman–Crippen LogP) is 0.175. The predicted molar refractivity (Wildman–Crippen MR) is 68.6 cm³/mol. The van der Waals surface area contributed by atoms with E-state index in [9.17, 15) is 9.59 Å². The van der Waals surface area contributed by atoms with Crippen LogP contribution in [0.5, 0.6) is 0 Å². The zero-order valence-electron chi connectivity index (χ0n) is 10.5. The smallest absolute Gasteiger partial charge is 0.271 e. The fourth-order valence-electron chi connectivity index (χ4n) is 1.65. The molecule has 0 aliphatic carbocycles. The molecule has 100 valence electrons. The summed E-state index contributed by atoms with van der Waals surface area (Å²) in [5.74, 6) is -0.303. The van der Waals surface area contributed by atoms with Gasteiger partial charge in [-0.1, -0.05) is 6.92 Å². The lowest BCUT2D eigenvalue weighted by atomic mass is 10.2. The number of hydrogen-bond acceptors (Lipinski definition) is 4. The zero-order valence-corrected chi connectivity index (χ0v) is 10.5. The number of nitrogens with one attached hydrogen (secondary N) is 2. The molecule has 0 aliphatic rings. The number of imidazole rings is 1. The minimum absolute atomic E-state index is 0.0181. The van der Waals surface area contributed by atoms with Gasteiger partial charge in [0.05, 0.1) is 12.5 Å². The molecule has 0 bridgehead atoms. The van der Waals surface area contributed by atoms with E-state index in [1.54, 1.807) is 12.5 Å². The highest BCUT2D eigenvalue weighted by Gasteiger charge is 2.13. The monoisotopic (exact) mass is 261 g/mol. The fourth-order valence-corrected chi connectivity index (χ4v) is 1.65. The van der Waals surface area contributed by atoms with E-state index in [0.29, 0.717) is 6.54 Å². The summed E-state index contributed by atoms with van der Waals surface area (Å²) in [5, 5.41) is 2.87. The third-order valence-corrected chi connectivity index (χ3v) is 2.72. The third kappa shape index (κ3) is 3.51. The Bertz CT molecular complexity index is 570. The van der Waals surface area contributed by atoms with E-state index < -0.39 is 0 Å². The van der Waals surface area contributed by atoms with E-state index >= 15 is 0 Å². The molecule has 0 aliphatic heterocycles. The molecule has 2 heterocycles. The second-order valence-corrected chi connectivity index (χ2v) is 4.13. The first kappa shape index (κ1) is 13.0. The maximum atomic E-state index is 11.9. The molecule has 0 unspecified atom stereocenters. The molecule has 19 heavy (non-hydrogen) atoms. The first-order valence-corrected chi connectivity index (χ1v) is 6.00. The van der Waals surface area contributed by atoms with Crippen molar-refractivity contribution < 1.29 is 4.79 Å². The van der Waals surface area contributed by atoms with E-state index in [0.717, 1.165) is 12.6 Å². The number of amides is 1. The molecule has 7 heteroatoms. The van der Waals surface area contributed by atoms with Crippen LogP contribution in [0.15, 0.2) is 35.9 Å². The Balaban J connectivity index is 1.99. The Morgan fingerprint density at radius 1 is 1.58 bits per heavy atom. The molecule has 2 rings (SSSR count). The summed E-state index contributed by atoms with van der Waals surface area (Å²) >= 11 is 0. The normalized spacial score (nSPS) is 12.1. The Morgan fingerprint density at radius 2 is 2.42 bits per heavy atom. The molecule has 0 saturated heterocycles. The molecule has 0 saturated carbocycles. The molecule has 7 nitrogen and oxygen atoms in total. The Labute approximate surface area is 109 Å². The van der Waals surface area contributed by atoms with Gasteiger partial charge in [-0.15, -0.1) is 0 Å². The molecule has 0 fully saturated rings. The van der Waals surface area contributed by atoms with Crippen molar-refractivity contribution in [3.8, 4) is 0 Å². The minimum atomic E-state index is -0.331.